The molecule has 0 fully saturated rings. The van der Waals surface area contributed by atoms with Gasteiger partial charge in [0.2, 0.25) is 5.91 Å². The Hall–Kier alpha value is -0.830. The molecule has 2 unspecified atom stereocenters. The van der Waals surface area contributed by atoms with Gasteiger partial charge >= 0.3 is 0 Å². The van der Waals surface area contributed by atoms with E-state index in [1.165, 1.54) is 0 Å². The van der Waals surface area contributed by atoms with Crippen molar-refractivity contribution >= 4 is 5.91 Å². The molecule has 3 heteroatoms. The van der Waals surface area contributed by atoms with Crippen LogP contribution >= 0.6 is 0 Å². The molecule has 13 heavy (non-hydrogen) atoms. The smallest absolute Gasteiger partial charge is 0.237 e. The highest BCUT2D eigenvalue weighted by Crippen LogP contribution is 1.96. The molecule has 0 saturated heterocycles. The molecule has 3 nitrogen and oxygen atoms in total. The van der Waals surface area contributed by atoms with E-state index in [0.29, 0.717) is 6.42 Å². The van der Waals surface area contributed by atoms with E-state index >= 15 is 0 Å². The molecule has 0 aromatic carbocycles. The van der Waals surface area contributed by atoms with Crippen LogP contribution in [0, 0.1) is 0 Å². The molecule has 0 radical (unpaired) electrons. The van der Waals surface area contributed by atoms with Gasteiger partial charge in [0.15, 0.2) is 0 Å². The highest BCUT2D eigenvalue weighted by Gasteiger charge is 2.13. The normalized spacial score (nSPS) is 14.7. The van der Waals surface area contributed by atoms with Crippen LogP contribution in [0.25, 0.3) is 0 Å². The molecule has 0 aromatic rings. The van der Waals surface area contributed by atoms with E-state index in [1.54, 1.807) is 6.08 Å². The summed E-state index contributed by atoms with van der Waals surface area (Å²) >= 11 is 0. The third-order valence-corrected chi connectivity index (χ3v) is 1.87. The lowest BCUT2D eigenvalue weighted by Crippen LogP contribution is -2.44. The molecule has 0 heterocycles. The molecule has 0 aromatic heterocycles. The summed E-state index contributed by atoms with van der Waals surface area (Å²) in [5.41, 5.74) is 5.59. The van der Waals surface area contributed by atoms with Crippen LogP contribution in [0.1, 0.15) is 33.1 Å². The fourth-order valence-electron chi connectivity index (χ4n) is 1.14. The monoisotopic (exact) mass is 184 g/mol. The van der Waals surface area contributed by atoms with Crippen molar-refractivity contribution in [2.24, 2.45) is 5.73 Å². The average Bonchev–Trinajstić information content (AvgIpc) is 2.05. The van der Waals surface area contributed by atoms with Gasteiger partial charge in [0.25, 0.3) is 0 Å². The standard InChI is InChI=1S/C10H20N2O/c1-4-6-8(3)12-10(13)9(11)7-5-2/h5,8-9H,2,4,6-7,11H2,1,3H3,(H,12,13). The van der Waals surface area contributed by atoms with Crippen molar-refractivity contribution in [1.82, 2.24) is 5.32 Å². The van der Waals surface area contributed by atoms with Gasteiger partial charge in [0.1, 0.15) is 0 Å². The van der Waals surface area contributed by atoms with Gasteiger partial charge in [0, 0.05) is 6.04 Å². The van der Waals surface area contributed by atoms with E-state index in [-0.39, 0.29) is 11.9 Å². The summed E-state index contributed by atoms with van der Waals surface area (Å²) in [6, 6.07) is -0.231. The van der Waals surface area contributed by atoms with Crippen molar-refractivity contribution in [2.75, 3.05) is 0 Å². The maximum atomic E-state index is 11.3. The Labute approximate surface area is 80.4 Å². The van der Waals surface area contributed by atoms with Gasteiger partial charge in [-0.15, -0.1) is 6.58 Å². The summed E-state index contributed by atoms with van der Waals surface area (Å²) in [7, 11) is 0. The number of carbonyl (C=O) groups excluding carboxylic acids is 1. The quantitative estimate of drug-likeness (QED) is 0.609. The molecule has 76 valence electrons. The van der Waals surface area contributed by atoms with Crippen molar-refractivity contribution < 1.29 is 4.79 Å². The average molecular weight is 184 g/mol. The Morgan fingerprint density at radius 1 is 1.69 bits per heavy atom. The molecule has 0 aliphatic carbocycles. The number of rotatable bonds is 6. The minimum absolute atomic E-state index is 0.0825. The number of carbonyl (C=O) groups is 1. The Morgan fingerprint density at radius 3 is 2.77 bits per heavy atom. The zero-order chi connectivity index (χ0) is 10.3. The molecule has 0 bridgehead atoms. The van der Waals surface area contributed by atoms with Crippen molar-refractivity contribution in [3.05, 3.63) is 12.7 Å². The van der Waals surface area contributed by atoms with Gasteiger partial charge in [-0.3, -0.25) is 4.79 Å². The van der Waals surface area contributed by atoms with E-state index in [4.69, 9.17) is 5.73 Å². The topological polar surface area (TPSA) is 55.1 Å². The number of nitrogens with two attached hydrogens (primary N) is 1. The van der Waals surface area contributed by atoms with E-state index in [2.05, 4.69) is 18.8 Å². The summed E-state index contributed by atoms with van der Waals surface area (Å²) in [5.74, 6) is -0.0825. The van der Waals surface area contributed by atoms with E-state index in [0.717, 1.165) is 12.8 Å². The summed E-state index contributed by atoms with van der Waals surface area (Å²) in [4.78, 5) is 11.3. The van der Waals surface area contributed by atoms with Gasteiger partial charge in [-0.25, -0.2) is 0 Å². The lowest BCUT2D eigenvalue weighted by molar-refractivity contribution is -0.122. The second-order valence-electron chi connectivity index (χ2n) is 3.33. The van der Waals surface area contributed by atoms with Gasteiger partial charge in [-0.1, -0.05) is 19.4 Å². The second-order valence-corrected chi connectivity index (χ2v) is 3.33. The summed E-state index contributed by atoms with van der Waals surface area (Å²) in [5, 5.41) is 2.85. The minimum atomic E-state index is -0.447. The summed E-state index contributed by atoms with van der Waals surface area (Å²) in [6.45, 7) is 7.62. The highest BCUT2D eigenvalue weighted by atomic mass is 16.2. The SMILES string of the molecule is C=CCC(N)C(=O)NC(C)CCC. The first kappa shape index (κ1) is 12.2. The molecule has 0 spiro atoms. The molecule has 3 N–H and O–H groups in total. The zero-order valence-corrected chi connectivity index (χ0v) is 8.55. The van der Waals surface area contributed by atoms with Crippen molar-refractivity contribution in [3.63, 3.8) is 0 Å². The van der Waals surface area contributed by atoms with Gasteiger partial charge in [-0.05, 0) is 19.8 Å². The van der Waals surface area contributed by atoms with Crippen LogP contribution in [0.15, 0.2) is 12.7 Å². The first-order valence-corrected chi connectivity index (χ1v) is 4.78. The van der Waals surface area contributed by atoms with Crippen LogP contribution in [0.5, 0.6) is 0 Å². The fraction of sp³-hybridized carbons (Fsp3) is 0.700. The first-order chi connectivity index (χ1) is 6.11. The third kappa shape index (κ3) is 5.42. The predicted molar refractivity (Wildman–Crippen MR) is 55.3 cm³/mol. The second kappa shape index (κ2) is 6.66. The molecular weight excluding hydrogens is 164 g/mol. The van der Waals surface area contributed by atoms with Crippen LogP contribution in [0.2, 0.25) is 0 Å². The lowest BCUT2D eigenvalue weighted by atomic mass is 10.1. The van der Waals surface area contributed by atoms with E-state index in [1.807, 2.05) is 6.92 Å². The Morgan fingerprint density at radius 2 is 2.31 bits per heavy atom. The van der Waals surface area contributed by atoms with E-state index < -0.39 is 6.04 Å². The van der Waals surface area contributed by atoms with Crippen molar-refractivity contribution in [2.45, 2.75) is 45.2 Å². The summed E-state index contributed by atoms with van der Waals surface area (Å²) in [6.07, 6.45) is 4.25. The molecular formula is C10H20N2O. The highest BCUT2D eigenvalue weighted by molar-refractivity contribution is 5.81. The Bertz CT molecular complexity index is 168. The largest absolute Gasteiger partial charge is 0.352 e. The molecule has 1 amide bonds. The predicted octanol–water partition coefficient (Wildman–Crippen LogP) is 1.19. The minimum Gasteiger partial charge on any atom is -0.352 e. The number of nitrogens with one attached hydrogen (secondary N) is 1. The molecule has 0 saturated carbocycles. The number of amides is 1. The fourth-order valence-corrected chi connectivity index (χ4v) is 1.14. The number of hydrogen-bond acceptors (Lipinski definition) is 2. The molecule has 2 atom stereocenters. The van der Waals surface area contributed by atoms with Crippen LogP contribution in [-0.2, 0) is 4.79 Å². The zero-order valence-electron chi connectivity index (χ0n) is 8.55. The van der Waals surface area contributed by atoms with Gasteiger partial charge in [0.05, 0.1) is 6.04 Å². The van der Waals surface area contributed by atoms with Crippen molar-refractivity contribution in [1.29, 1.82) is 0 Å². The van der Waals surface area contributed by atoms with Crippen LogP contribution in [0.4, 0.5) is 0 Å². The van der Waals surface area contributed by atoms with Crippen LogP contribution < -0.4 is 11.1 Å². The maximum absolute atomic E-state index is 11.3. The summed E-state index contributed by atoms with van der Waals surface area (Å²) < 4.78 is 0. The van der Waals surface area contributed by atoms with Crippen LogP contribution in [-0.4, -0.2) is 18.0 Å². The van der Waals surface area contributed by atoms with Gasteiger partial charge in [-0.2, -0.15) is 0 Å². The maximum Gasteiger partial charge on any atom is 0.237 e. The number of hydrogen-bond donors (Lipinski definition) is 2. The van der Waals surface area contributed by atoms with Gasteiger partial charge < -0.3 is 11.1 Å². The molecule has 0 aliphatic heterocycles. The third-order valence-electron chi connectivity index (χ3n) is 1.87. The Kier molecular flexibility index (Phi) is 6.24. The first-order valence-electron chi connectivity index (χ1n) is 4.78. The Balaban J connectivity index is 3.77. The molecule has 0 aliphatic rings. The van der Waals surface area contributed by atoms with Crippen LogP contribution in [0.3, 0.4) is 0 Å². The van der Waals surface area contributed by atoms with Crippen molar-refractivity contribution in [3.8, 4) is 0 Å². The lowest BCUT2D eigenvalue weighted by Gasteiger charge is -2.15. The molecule has 0 rings (SSSR count). The van der Waals surface area contributed by atoms with E-state index in [9.17, 15) is 4.79 Å².